The van der Waals surface area contributed by atoms with Crippen molar-refractivity contribution in [1.82, 2.24) is 0 Å². The molecule has 0 saturated heterocycles. The number of benzene rings is 2. The molecule has 1 atom stereocenters. The fourth-order valence-electron chi connectivity index (χ4n) is 2.01. The Morgan fingerprint density at radius 2 is 1.79 bits per heavy atom. The van der Waals surface area contributed by atoms with E-state index in [1.54, 1.807) is 25.1 Å². The smallest absolute Gasteiger partial charge is 0.337 e. The normalized spacial score (nSPS) is 11.5. The molecule has 2 rings (SSSR count). The van der Waals surface area contributed by atoms with Crippen molar-refractivity contribution in [3.63, 3.8) is 0 Å². The van der Waals surface area contributed by atoms with E-state index in [9.17, 15) is 14.0 Å². The molecule has 0 saturated carbocycles. The summed E-state index contributed by atoms with van der Waals surface area (Å²) in [5.74, 6) is -0.862. The molecule has 2 aromatic carbocycles. The molecule has 0 spiro atoms. The van der Waals surface area contributed by atoms with Crippen molar-refractivity contribution in [1.29, 1.82) is 0 Å². The Balaban J connectivity index is 2.08. The number of esters is 1. The van der Waals surface area contributed by atoms with E-state index in [0.29, 0.717) is 17.0 Å². The van der Waals surface area contributed by atoms with Crippen LogP contribution in [-0.2, 0) is 9.53 Å². The molecular weight excluding hydrogens is 313 g/mol. The average molecular weight is 331 g/mol. The number of nitrogens with one attached hydrogen (secondary N) is 1. The largest absolute Gasteiger partial charge is 0.481 e. The summed E-state index contributed by atoms with van der Waals surface area (Å²) >= 11 is 0. The third-order valence-corrected chi connectivity index (χ3v) is 3.41. The number of ether oxygens (including phenoxy) is 2. The van der Waals surface area contributed by atoms with Crippen LogP contribution >= 0.6 is 0 Å². The quantitative estimate of drug-likeness (QED) is 0.854. The number of hydrogen-bond acceptors (Lipinski definition) is 4. The first-order valence-electron chi connectivity index (χ1n) is 7.32. The van der Waals surface area contributed by atoms with Gasteiger partial charge in [0.1, 0.15) is 11.6 Å². The first-order valence-corrected chi connectivity index (χ1v) is 7.32. The molecular formula is C18H18FNO4. The number of carbonyl (C=O) groups excluding carboxylic acids is 2. The number of hydrogen-bond donors (Lipinski definition) is 1. The van der Waals surface area contributed by atoms with Crippen molar-refractivity contribution >= 4 is 17.6 Å². The molecule has 0 heterocycles. The maximum atomic E-state index is 12.9. The summed E-state index contributed by atoms with van der Waals surface area (Å²) in [5, 5.41) is 2.72. The van der Waals surface area contributed by atoms with Gasteiger partial charge in [-0.3, -0.25) is 4.79 Å². The second-order valence-electron chi connectivity index (χ2n) is 5.22. The van der Waals surface area contributed by atoms with Gasteiger partial charge in [-0.1, -0.05) is 6.07 Å². The molecule has 24 heavy (non-hydrogen) atoms. The lowest BCUT2D eigenvalue weighted by molar-refractivity contribution is -0.122. The van der Waals surface area contributed by atoms with E-state index in [1.165, 1.54) is 31.4 Å². The van der Waals surface area contributed by atoms with Crippen LogP contribution in [-0.4, -0.2) is 25.1 Å². The van der Waals surface area contributed by atoms with Crippen molar-refractivity contribution in [2.75, 3.05) is 12.4 Å². The molecule has 1 amide bonds. The van der Waals surface area contributed by atoms with Crippen LogP contribution < -0.4 is 10.1 Å². The summed E-state index contributed by atoms with van der Waals surface area (Å²) < 4.78 is 23.0. The number of methoxy groups -OCH3 is 1. The lowest BCUT2D eigenvalue weighted by Crippen LogP contribution is -2.30. The van der Waals surface area contributed by atoms with Gasteiger partial charge in [0.05, 0.1) is 12.7 Å². The van der Waals surface area contributed by atoms with Crippen molar-refractivity contribution in [3.05, 3.63) is 59.4 Å². The van der Waals surface area contributed by atoms with Gasteiger partial charge in [0.25, 0.3) is 5.91 Å². The second kappa shape index (κ2) is 7.59. The molecule has 0 aliphatic heterocycles. The number of aryl methyl sites for hydroxylation is 1. The van der Waals surface area contributed by atoms with Crippen LogP contribution in [0, 0.1) is 12.7 Å². The third-order valence-electron chi connectivity index (χ3n) is 3.41. The number of carbonyl (C=O) groups is 2. The number of halogens is 1. The molecule has 0 fully saturated rings. The molecule has 5 nitrogen and oxygen atoms in total. The van der Waals surface area contributed by atoms with E-state index in [4.69, 9.17) is 4.74 Å². The van der Waals surface area contributed by atoms with Gasteiger partial charge in [-0.25, -0.2) is 9.18 Å². The average Bonchev–Trinajstić information content (AvgIpc) is 2.58. The summed E-state index contributed by atoms with van der Waals surface area (Å²) in [7, 11) is 1.29. The first kappa shape index (κ1) is 17.5. The highest BCUT2D eigenvalue weighted by atomic mass is 19.1. The van der Waals surface area contributed by atoms with E-state index in [0.717, 1.165) is 5.56 Å². The molecule has 6 heteroatoms. The van der Waals surface area contributed by atoms with E-state index in [1.807, 2.05) is 6.92 Å². The van der Waals surface area contributed by atoms with E-state index < -0.39 is 12.1 Å². The summed E-state index contributed by atoms with van der Waals surface area (Å²) in [5.41, 5.74) is 1.63. The zero-order valence-electron chi connectivity index (χ0n) is 13.6. The summed E-state index contributed by atoms with van der Waals surface area (Å²) in [4.78, 5) is 23.8. The fraction of sp³-hybridized carbons (Fsp3) is 0.222. The van der Waals surface area contributed by atoms with Crippen LogP contribution in [0.5, 0.6) is 5.75 Å². The van der Waals surface area contributed by atoms with Crippen LogP contribution in [0.15, 0.2) is 42.5 Å². The monoisotopic (exact) mass is 331 g/mol. The van der Waals surface area contributed by atoms with Crippen molar-refractivity contribution in [3.8, 4) is 5.75 Å². The van der Waals surface area contributed by atoms with Gasteiger partial charge in [0.2, 0.25) is 0 Å². The molecule has 0 aliphatic carbocycles. The minimum absolute atomic E-state index is 0.338. The maximum absolute atomic E-state index is 12.9. The van der Waals surface area contributed by atoms with E-state index >= 15 is 0 Å². The third kappa shape index (κ3) is 4.32. The van der Waals surface area contributed by atoms with Crippen molar-refractivity contribution < 1.29 is 23.5 Å². The van der Waals surface area contributed by atoms with Gasteiger partial charge >= 0.3 is 5.97 Å². The van der Waals surface area contributed by atoms with Crippen LogP contribution in [0.2, 0.25) is 0 Å². The Hall–Kier alpha value is -2.89. The Bertz CT molecular complexity index is 743. The highest BCUT2D eigenvalue weighted by molar-refractivity contribution is 5.97. The highest BCUT2D eigenvalue weighted by Gasteiger charge is 2.17. The summed E-state index contributed by atoms with van der Waals surface area (Å²) in [6, 6.07) is 10.3. The highest BCUT2D eigenvalue weighted by Crippen LogP contribution is 2.19. The van der Waals surface area contributed by atoms with Gasteiger partial charge in [0, 0.05) is 5.69 Å². The molecule has 0 aliphatic rings. The van der Waals surface area contributed by atoms with E-state index in [-0.39, 0.29) is 11.7 Å². The molecule has 1 N–H and O–H groups in total. The van der Waals surface area contributed by atoms with E-state index in [2.05, 4.69) is 10.1 Å². The molecule has 1 unspecified atom stereocenters. The Morgan fingerprint density at radius 3 is 2.42 bits per heavy atom. The van der Waals surface area contributed by atoms with Gasteiger partial charge < -0.3 is 14.8 Å². The van der Waals surface area contributed by atoms with Gasteiger partial charge in [-0.05, 0) is 55.8 Å². The minimum atomic E-state index is -0.795. The minimum Gasteiger partial charge on any atom is -0.481 e. The molecule has 0 radical (unpaired) electrons. The van der Waals surface area contributed by atoms with Gasteiger partial charge in [0.15, 0.2) is 6.10 Å². The molecule has 126 valence electrons. The van der Waals surface area contributed by atoms with Crippen LogP contribution in [0.4, 0.5) is 10.1 Å². The van der Waals surface area contributed by atoms with Gasteiger partial charge in [-0.2, -0.15) is 0 Å². The molecule has 0 bridgehead atoms. The standard InChI is InChI=1S/C18H18FNO4/c1-11-4-5-13(18(22)23-3)10-16(11)20-17(21)12(2)24-15-8-6-14(19)7-9-15/h4-10,12H,1-3H3,(H,20,21). The van der Waals surface area contributed by atoms with Gasteiger partial charge in [-0.15, -0.1) is 0 Å². The van der Waals surface area contributed by atoms with Crippen LogP contribution in [0.3, 0.4) is 0 Å². The van der Waals surface area contributed by atoms with Crippen LogP contribution in [0.1, 0.15) is 22.8 Å². The Kier molecular flexibility index (Phi) is 5.52. The summed E-state index contributed by atoms with van der Waals surface area (Å²) in [6.45, 7) is 3.39. The number of rotatable bonds is 5. The first-order chi connectivity index (χ1) is 11.4. The number of amides is 1. The topological polar surface area (TPSA) is 64.6 Å². The lowest BCUT2D eigenvalue weighted by Gasteiger charge is -2.16. The zero-order chi connectivity index (χ0) is 17.7. The Labute approximate surface area is 139 Å². The van der Waals surface area contributed by atoms with Crippen molar-refractivity contribution in [2.24, 2.45) is 0 Å². The Morgan fingerprint density at radius 1 is 1.12 bits per heavy atom. The second-order valence-corrected chi connectivity index (χ2v) is 5.22. The zero-order valence-corrected chi connectivity index (χ0v) is 13.6. The maximum Gasteiger partial charge on any atom is 0.337 e. The summed E-state index contributed by atoms with van der Waals surface area (Å²) in [6.07, 6.45) is -0.795. The lowest BCUT2D eigenvalue weighted by atomic mass is 10.1. The SMILES string of the molecule is COC(=O)c1ccc(C)c(NC(=O)C(C)Oc2ccc(F)cc2)c1. The predicted octanol–water partition coefficient (Wildman–Crippen LogP) is 3.33. The van der Waals surface area contributed by atoms with Crippen molar-refractivity contribution in [2.45, 2.75) is 20.0 Å². The molecule has 2 aromatic rings. The fourth-order valence-corrected chi connectivity index (χ4v) is 2.01. The van der Waals surface area contributed by atoms with Crippen LogP contribution in [0.25, 0.3) is 0 Å². The number of anilines is 1. The molecule has 0 aromatic heterocycles. The predicted molar refractivity (Wildman–Crippen MR) is 87.6 cm³/mol.